The second-order valence-electron chi connectivity index (χ2n) is 4.78. The maximum absolute atomic E-state index is 13.2. The number of halogens is 1. The molecule has 4 heteroatoms. The van der Waals surface area contributed by atoms with Crippen LogP contribution in [-0.4, -0.2) is 7.05 Å². The van der Waals surface area contributed by atoms with Crippen LogP contribution in [0.15, 0.2) is 48.5 Å². The Bertz CT molecular complexity index is 753. The van der Waals surface area contributed by atoms with Gasteiger partial charge in [-0.05, 0) is 30.6 Å². The fourth-order valence-electron chi connectivity index (χ4n) is 2.32. The van der Waals surface area contributed by atoms with Crippen LogP contribution in [0, 0.1) is 5.82 Å². The normalized spacial score (nSPS) is 11.0. The molecule has 0 saturated carbocycles. The quantitative estimate of drug-likeness (QED) is 0.757. The molecule has 0 aliphatic carbocycles. The van der Waals surface area contributed by atoms with Gasteiger partial charge >= 0.3 is 0 Å². The number of ether oxygens (including phenoxy) is 1. The molecule has 0 spiro atoms. The third-order valence-electron chi connectivity index (χ3n) is 3.30. The summed E-state index contributed by atoms with van der Waals surface area (Å²) in [6.45, 7) is 1.26. The minimum atomic E-state index is -0.280. The zero-order chi connectivity index (χ0) is 14.7. The summed E-state index contributed by atoms with van der Waals surface area (Å²) in [5.41, 5.74) is 1.18. The summed E-state index contributed by atoms with van der Waals surface area (Å²) >= 11 is 1.77. The van der Waals surface area contributed by atoms with E-state index in [2.05, 4.69) is 17.4 Å². The standard InChI is InChI=1S/C17H16FNOS/c1-19-10-17-15(14-7-2-3-8-16(14)21-17)11-20-13-6-4-5-12(18)9-13/h2-9,19H,10-11H2,1H3. The Labute approximate surface area is 127 Å². The first-order chi connectivity index (χ1) is 10.3. The van der Waals surface area contributed by atoms with Crippen LogP contribution in [0.4, 0.5) is 4.39 Å². The highest BCUT2D eigenvalue weighted by Gasteiger charge is 2.12. The van der Waals surface area contributed by atoms with Gasteiger partial charge in [0, 0.05) is 27.8 Å². The minimum absolute atomic E-state index is 0.280. The van der Waals surface area contributed by atoms with Crippen molar-refractivity contribution in [3.63, 3.8) is 0 Å². The van der Waals surface area contributed by atoms with Crippen LogP contribution < -0.4 is 10.1 Å². The molecule has 0 atom stereocenters. The smallest absolute Gasteiger partial charge is 0.126 e. The van der Waals surface area contributed by atoms with E-state index in [1.165, 1.54) is 32.7 Å². The van der Waals surface area contributed by atoms with Gasteiger partial charge in [0.25, 0.3) is 0 Å². The monoisotopic (exact) mass is 301 g/mol. The second-order valence-corrected chi connectivity index (χ2v) is 5.91. The van der Waals surface area contributed by atoms with Gasteiger partial charge in [-0.3, -0.25) is 0 Å². The topological polar surface area (TPSA) is 21.3 Å². The Hall–Kier alpha value is -1.91. The molecule has 1 N–H and O–H groups in total. The summed E-state index contributed by atoms with van der Waals surface area (Å²) in [5, 5.41) is 4.40. The summed E-state index contributed by atoms with van der Waals surface area (Å²) < 4.78 is 20.2. The first-order valence-corrected chi connectivity index (χ1v) is 7.62. The molecular formula is C17H16FNOS. The predicted molar refractivity (Wildman–Crippen MR) is 85.3 cm³/mol. The fourth-order valence-corrected chi connectivity index (χ4v) is 3.55. The van der Waals surface area contributed by atoms with E-state index >= 15 is 0 Å². The Balaban J connectivity index is 1.89. The van der Waals surface area contributed by atoms with Crippen LogP contribution >= 0.6 is 11.3 Å². The molecule has 2 nitrogen and oxygen atoms in total. The van der Waals surface area contributed by atoms with Crippen molar-refractivity contribution >= 4 is 21.4 Å². The third kappa shape index (κ3) is 3.06. The van der Waals surface area contributed by atoms with Crippen LogP contribution in [-0.2, 0) is 13.2 Å². The summed E-state index contributed by atoms with van der Waals surface area (Å²) in [7, 11) is 1.93. The van der Waals surface area contributed by atoms with Crippen LogP contribution in [0.3, 0.4) is 0 Å². The fraction of sp³-hybridized carbons (Fsp3) is 0.176. The van der Waals surface area contributed by atoms with Crippen molar-refractivity contribution in [1.29, 1.82) is 0 Å². The van der Waals surface area contributed by atoms with E-state index in [1.54, 1.807) is 23.5 Å². The highest BCUT2D eigenvalue weighted by atomic mass is 32.1. The summed E-state index contributed by atoms with van der Waals surface area (Å²) in [5.74, 6) is 0.277. The number of thiophene rings is 1. The van der Waals surface area contributed by atoms with E-state index < -0.39 is 0 Å². The zero-order valence-corrected chi connectivity index (χ0v) is 12.5. The molecule has 1 aromatic heterocycles. The Kier molecular flexibility index (Phi) is 4.18. The highest BCUT2D eigenvalue weighted by molar-refractivity contribution is 7.19. The minimum Gasteiger partial charge on any atom is -0.489 e. The molecule has 3 aromatic rings. The Morgan fingerprint density at radius 3 is 2.81 bits per heavy atom. The first kappa shape index (κ1) is 14.0. The average molecular weight is 301 g/mol. The van der Waals surface area contributed by atoms with Crippen molar-refractivity contribution in [3.05, 3.63) is 64.8 Å². The van der Waals surface area contributed by atoms with E-state index in [0.717, 1.165) is 6.54 Å². The van der Waals surface area contributed by atoms with Gasteiger partial charge in [-0.2, -0.15) is 0 Å². The molecule has 0 saturated heterocycles. The van der Waals surface area contributed by atoms with Gasteiger partial charge in [0.1, 0.15) is 18.2 Å². The van der Waals surface area contributed by atoms with Gasteiger partial charge in [0.05, 0.1) is 0 Å². The number of hydrogen-bond donors (Lipinski definition) is 1. The summed E-state index contributed by atoms with van der Waals surface area (Å²) in [6, 6.07) is 14.6. The molecule has 108 valence electrons. The molecule has 0 bridgehead atoms. The maximum Gasteiger partial charge on any atom is 0.126 e. The molecule has 0 amide bonds. The van der Waals surface area contributed by atoms with Crippen molar-refractivity contribution in [3.8, 4) is 5.75 Å². The number of benzene rings is 2. The molecule has 0 unspecified atom stereocenters. The Morgan fingerprint density at radius 1 is 1.14 bits per heavy atom. The van der Waals surface area contributed by atoms with E-state index in [9.17, 15) is 4.39 Å². The van der Waals surface area contributed by atoms with Crippen molar-refractivity contribution in [1.82, 2.24) is 5.32 Å². The SMILES string of the molecule is CNCc1sc2ccccc2c1COc1cccc(F)c1. The van der Waals surface area contributed by atoms with Crippen molar-refractivity contribution in [2.75, 3.05) is 7.05 Å². The van der Waals surface area contributed by atoms with Gasteiger partial charge in [-0.15, -0.1) is 11.3 Å². The zero-order valence-electron chi connectivity index (χ0n) is 11.7. The molecule has 0 aliphatic rings. The molecule has 21 heavy (non-hydrogen) atoms. The molecule has 2 aromatic carbocycles. The first-order valence-electron chi connectivity index (χ1n) is 6.80. The van der Waals surface area contributed by atoms with Crippen molar-refractivity contribution in [2.24, 2.45) is 0 Å². The largest absolute Gasteiger partial charge is 0.489 e. The van der Waals surface area contributed by atoms with Crippen molar-refractivity contribution < 1.29 is 9.13 Å². The lowest BCUT2D eigenvalue weighted by Crippen LogP contribution is -2.06. The predicted octanol–water partition coefficient (Wildman–Crippen LogP) is 4.34. The van der Waals surface area contributed by atoms with Crippen molar-refractivity contribution in [2.45, 2.75) is 13.2 Å². The van der Waals surface area contributed by atoms with Gasteiger partial charge in [-0.1, -0.05) is 24.3 Å². The Morgan fingerprint density at radius 2 is 2.00 bits per heavy atom. The maximum atomic E-state index is 13.2. The van der Waals surface area contributed by atoms with E-state index in [-0.39, 0.29) is 5.82 Å². The van der Waals surface area contributed by atoms with Crippen LogP contribution in [0.25, 0.3) is 10.1 Å². The van der Waals surface area contributed by atoms with Crippen LogP contribution in [0.2, 0.25) is 0 Å². The molecular weight excluding hydrogens is 285 g/mol. The van der Waals surface area contributed by atoms with Gasteiger partial charge in [0.2, 0.25) is 0 Å². The average Bonchev–Trinajstić information content (AvgIpc) is 2.83. The number of hydrogen-bond acceptors (Lipinski definition) is 3. The van der Waals surface area contributed by atoms with E-state index in [0.29, 0.717) is 12.4 Å². The number of fused-ring (bicyclic) bond motifs is 1. The molecule has 0 radical (unpaired) electrons. The van der Waals surface area contributed by atoms with Crippen LogP contribution in [0.1, 0.15) is 10.4 Å². The number of rotatable bonds is 5. The molecule has 0 aliphatic heterocycles. The van der Waals surface area contributed by atoms with Gasteiger partial charge < -0.3 is 10.1 Å². The molecule has 0 fully saturated rings. The van der Waals surface area contributed by atoms with E-state index in [4.69, 9.17) is 4.74 Å². The van der Waals surface area contributed by atoms with Gasteiger partial charge in [-0.25, -0.2) is 4.39 Å². The van der Waals surface area contributed by atoms with Crippen LogP contribution in [0.5, 0.6) is 5.75 Å². The summed E-state index contributed by atoms with van der Waals surface area (Å²) in [4.78, 5) is 1.26. The highest BCUT2D eigenvalue weighted by Crippen LogP contribution is 2.32. The second kappa shape index (κ2) is 6.24. The third-order valence-corrected chi connectivity index (χ3v) is 4.51. The lowest BCUT2D eigenvalue weighted by atomic mass is 10.1. The van der Waals surface area contributed by atoms with Gasteiger partial charge in [0.15, 0.2) is 0 Å². The summed E-state index contributed by atoms with van der Waals surface area (Å²) in [6.07, 6.45) is 0. The van der Waals surface area contributed by atoms with E-state index in [1.807, 2.05) is 19.2 Å². The lowest BCUT2D eigenvalue weighted by molar-refractivity contribution is 0.305. The number of nitrogens with one attached hydrogen (secondary N) is 1. The molecule has 3 rings (SSSR count). The molecule has 1 heterocycles. The lowest BCUT2D eigenvalue weighted by Gasteiger charge is -2.08.